The van der Waals surface area contributed by atoms with Crippen molar-refractivity contribution in [2.75, 3.05) is 25.1 Å². The molecule has 104 valence electrons. The molecule has 1 aliphatic rings. The van der Waals surface area contributed by atoms with E-state index in [0.29, 0.717) is 31.9 Å². The van der Waals surface area contributed by atoms with Gasteiger partial charge in [0.1, 0.15) is 5.69 Å². The summed E-state index contributed by atoms with van der Waals surface area (Å²) in [6.45, 7) is 3.59. The first kappa shape index (κ1) is 14.2. The Bertz CT molecular complexity index is 475. The Morgan fingerprint density at radius 3 is 2.79 bits per heavy atom. The minimum atomic E-state index is -0.589. The SMILES string of the molecule is CC1(CCNc2cc(Br)ccc2[N+](=O)[O-])OCCO1. The highest BCUT2D eigenvalue weighted by molar-refractivity contribution is 9.10. The van der Waals surface area contributed by atoms with Gasteiger partial charge in [-0.25, -0.2) is 0 Å². The number of nitrogens with one attached hydrogen (secondary N) is 1. The number of nitrogens with zero attached hydrogens (tertiary/aromatic N) is 1. The van der Waals surface area contributed by atoms with Gasteiger partial charge in [0.25, 0.3) is 5.69 Å². The summed E-state index contributed by atoms with van der Waals surface area (Å²) < 4.78 is 11.7. The van der Waals surface area contributed by atoms with E-state index in [2.05, 4.69) is 21.2 Å². The second-order valence-electron chi connectivity index (χ2n) is 4.43. The number of hydrogen-bond donors (Lipinski definition) is 1. The molecule has 1 aromatic rings. The Morgan fingerprint density at radius 1 is 1.47 bits per heavy atom. The van der Waals surface area contributed by atoms with Gasteiger partial charge >= 0.3 is 0 Å². The second-order valence-corrected chi connectivity index (χ2v) is 5.34. The summed E-state index contributed by atoms with van der Waals surface area (Å²) in [6, 6.07) is 4.81. The van der Waals surface area contributed by atoms with Crippen LogP contribution in [0.2, 0.25) is 0 Å². The van der Waals surface area contributed by atoms with Crippen LogP contribution in [0, 0.1) is 10.1 Å². The maximum atomic E-state index is 10.9. The predicted octanol–water partition coefficient (Wildman–Crippen LogP) is 2.92. The minimum absolute atomic E-state index is 0.0570. The van der Waals surface area contributed by atoms with Crippen LogP contribution in [-0.4, -0.2) is 30.5 Å². The number of nitro groups is 1. The molecule has 0 aliphatic carbocycles. The second kappa shape index (κ2) is 5.85. The zero-order valence-corrected chi connectivity index (χ0v) is 12.1. The van der Waals surface area contributed by atoms with Crippen LogP contribution >= 0.6 is 15.9 Å². The van der Waals surface area contributed by atoms with Crippen molar-refractivity contribution in [3.05, 3.63) is 32.8 Å². The Morgan fingerprint density at radius 2 is 2.16 bits per heavy atom. The number of benzene rings is 1. The summed E-state index contributed by atoms with van der Waals surface area (Å²) in [7, 11) is 0. The maximum Gasteiger partial charge on any atom is 0.292 e. The van der Waals surface area contributed by atoms with Crippen molar-refractivity contribution in [1.29, 1.82) is 0 Å². The Hall–Kier alpha value is -1.18. The zero-order chi connectivity index (χ0) is 13.9. The third-order valence-corrected chi connectivity index (χ3v) is 3.44. The first-order chi connectivity index (χ1) is 9.00. The average Bonchev–Trinajstić information content (AvgIpc) is 2.76. The fourth-order valence-corrected chi connectivity index (χ4v) is 2.30. The molecular formula is C12H15BrN2O4. The molecule has 0 unspecified atom stereocenters. The number of hydrogen-bond acceptors (Lipinski definition) is 5. The van der Waals surface area contributed by atoms with Gasteiger partial charge in [-0.2, -0.15) is 0 Å². The average molecular weight is 331 g/mol. The van der Waals surface area contributed by atoms with Gasteiger partial charge in [-0.3, -0.25) is 10.1 Å². The van der Waals surface area contributed by atoms with Crippen LogP contribution in [0.15, 0.2) is 22.7 Å². The molecule has 1 fully saturated rings. The Balaban J connectivity index is 1.98. The van der Waals surface area contributed by atoms with Crippen molar-refractivity contribution >= 4 is 27.3 Å². The third-order valence-electron chi connectivity index (χ3n) is 2.95. The lowest BCUT2D eigenvalue weighted by atomic mass is 10.2. The highest BCUT2D eigenvalue weighted by atomic mass is 79.9. The smallest absolute Gasteiger partial charge is 0.292 e. The minimum Gasteiger partial charge on any atom is -0.379 e. The molecule has 1 aliphatic heterocycles. The van der Waals surface area contributed by atoms with Crippen molar-refractivity contribution in [1.82, 2.24) is 0 Å². The van der Waals surface area contributed by atoms with Crippen LogP contribution in [0.5, 0.6) is 0 Å². The molecule has 0 saturated carbocycles. The van der Waals surface area contributed by atoms with Gasteiger partial charge in [-0.15, -0.1) is 0 Å². The van der Waals surface area contributed by atoms with Crippen molar-refractivity contribution in [2.24, 2.45) is 0 Å². The molecule has 0 bridgehead atoms. The molecule has 1 heterocycles. The van der Waals surface area contributed by atoms with Crippen LogP contribution in [-0.2, 0) is 9.47 Å². The first-order valence-electron chi connectivity index (χ1n) is 5.96. The lowest BCUT2D eigenvalue weighted by molar-refractivity contribution is -0.384. The van der Waals surface area contributed by atoms with Gasteiger partial charge in [-0.1, -0.05) is 15.9 Å². The molecule has 0 radical (unpaired) electrons. The van der Waals surface area contributed by atoms with E-state index in [1.54, 1.807) is 12.1 Å². The monoisotopic (exact) mass is 330 g/mol. The molecular weight excluding hydrogens is 316 g/mol. The van der Waals surface area contributed by atoms with E-state index in [0.717, 1.165) is 4.47 Å². The van der Waals surface area contributed by atoms with E-state index in [4.69, 9.17) is 9.47 Å². The topological polar surface area (TPSA) is 73.6 Å². The molecule has 7 heteroatoms. The third kappa shape index (κ3) is 3.65. The highest BCUT2D eigenvalue weighted by Crippen LogP contribution is 2.29. The Labute approximate surface area is 119 Å². The molecule has 1 N–H and O–H groups in total. The van der Waals surface area contributed by atoms with Crippen molar-refractivity contribution in [2.45, 2.75) is 19.1 Å². The van der Waals surface area contributed by atoms with Crippen molar-refractivity contribution in [3.8, 4) is 0 Å². The predicted molar refractivity (Wildman–Crippen MR) is 74.2 cm³/mol. The number of ether oxygens (including phenoxy) is 2. The quantitative estimate of drug-likeness (QED) is 0.663. The molecule has 6 nitrogen and oxygen atoms in total. The van der Waals surface area contributed by atoms with Crippen molar-refractivity contribution < 1.29 is 14.4 Å². The van der Waals surface area contributed by atoms with E-state index in [9.17, 15) is 10.1 Å². The van der Waals surface area contributed by atoms with Gasteiger partial charge < -0.3 is 14.8 Å². The van der Waals surface area contributed by atoms with E-state index in [1.165, 1.54) is 6.07 Å². The van der Waals surface area contributed by atoms with Crippen LogP contribution in [0.3, 0.4) is 0 Å². The lowest BCUT2D eigenvalue weighted by Gasteiger charge is -2.22. The maximum absolute atomic E-state index is 10.9. The fourth-order valence-electron chi connectivity index (χ4n) is 1.93. The number of halogens is 1. The van der Waals surface area contributed by atoms with E-state index in [-0.39, 0.29) is 5.69 Å². The van der Waals surface area contributed by atoms with Crippen molar-refractivity contribution in [3.63, 3.8) is 0 Å². The first-order valence-corrected chi connectivity index (χ1v) is 6.75. The molecule has 19 heavy (non-hydrogen) atoms. The summed E-state index contributed by atoms with van der Waals surface area (Å²) in [5.74, 6) is -0.589. The summed E-state index contributed by atoms with van der Waals surface area (Å²) in [6.07, 6.45) is 0.622. The molecule has 1 aromatic carbocycles. The summed E-state index contributed by atoms with van der Waals surface area (Å²) in [4.78, 5) is 10.5. The largest absolute Gasteiger partial charge is 0.379 e. The van der Waals surface area contributed by atoms with Gasteiger partial charge in [0.15, 0.2) is 5.79 Å². The fraction of sp³-hybridized carbons (Fsp3) is 0.500. The van der Waals surface area contributed by atoms with Gasteiger partial charge in [0, 0.05) is 23.5 Å². The van der Waals surface area contributed by atoms with Gasteiger partial charge in [0.05, 0.1) is 18.1 Å². The van der Waals surface area contributed by atoms with Crippen LogP contribution in [0.4, 0.5) is 11.4 Å². The number of anilines is 1. The summed E-state index contributed by atoms with van der Waals surface area (Å²) in [5, 5.41) is 14.0. The number of nitro benzene ring substituents is 1. The van der Waals surface area contributed by atoms with E-state index in [1.807, 2.05) is 6.92 Å². The normalized spacial score (nSPS) is 17.4. The number of rotatable bonds is 5. The summed E-state index contributed by atoms with van der Waals surface area (Å²) >= 11 is 3.30. The lowest BCUT2D eigenvalue weighted by Crippen LogP contribution is -2.28. The van der Waals surface area contributed by atoms with Crippen LogP contribution < -0.4 is 5.32 Å². The van der Waals surface area contributed by atoms with Gasteiger partial charge in [-0.05, 0) is 19.1 Å². The molecule has 0 atom stereocenters. The molecule has 1 saturated heterocycles. The zero-order valence-electron chi connectivity index (χ0n) is 10.5. The summed E-state index contributed by atoms with van der Waals surface area (Å²) in [5.41, 5.74) is 0.544. The Kier molecular flexibility index (Phi) is 4.38. The standard InChI is InChI=1S/C12H15BrN2O4/c1-12(18-6-7-19-12)4-5-14-10-8-9(13)2-3-11(10)15(16)17/h2-3,8,14H,4-7H2,1H3. The molecule has 0 spiro atoms. The van der Waals surface area contributed by atoms with Crippen LogP contribution in [0.1, 0.15) is 13.3 Å². The van der Waals surface area contributed by atoms with E-state index < -0.39 is 10.7 Å². The van der Waals surface area contributed by atoms with Gasteiger partial charge in [0.2, 0.25) is 0 Å². The highest BCUT2D eigenvalue weighted by Gasteiger charge is 2.30. The molecule has 0 aromatic heterocycles. The van der Waals surface area contributed by atoms with Crippen LogP contribution in [0.25, 0.3) is 0 Å². The molecule has 2 rings (SSSR count). The van der Waals surface area contributed by atoms with E-state index >= 15 is 0 Å². The molecule has 0 amide bonds.